The van der Waals surface area contributed by atoms with Gasteiger partial charge >= 0.3 is 0 Å². The zero-order chi connectivity index (χ0) is 7.84. The molecule has 2 rings (SSSR count). The molecule has 1 aromatic heterocycles. The summed E-state index contributed by atoms with van der Waals surface area (Å²) in [5, 5.41) is 0. The van der Waals surface area contributed by atoms with Crippen LogP contribution in [0.2, 0.25) is 0 Å². The van der Waals surface area contributed by atoms with Gasteiger partial charge in [0.05, 0.1) is 5.52 Å². The number of nitrogens with zero attached hydrogens (tertiary/aromatic N) is 1. The van der Waals surface area contributed by atoms with Crippen molar-refractivity contribution < 1.29 is 4.39 Å². The summed E-state index contributed by atoms with van der Waals surface area (Å²) < 4.78 is 12.5. The van der Waals surface area contributed by atoms with Crippen molar-refractivity contribution in [1.29, 1.82) is 0 Å². The molecular weight excluding hydrogens is 163 g/mol. The van der Waals surface area contributed by atoms with Crippen LogP contribution in [-0.4, -0.2) is 9.97 Å². The number of aromatic amines is 1. The van der Waals surface area contributed by atoms with Crippen LogP contribution in [0.1, 0.15) is 0 Å². The molecule has 0 unspecified atom stereocenters. The Morgan fingerprint density at radius 1 is 1.45 bits per heavy atom. The van der Waals surface area contributed by atoms with Crippen molar-refractivity contribution in [3.63, 3.8) is 0 Å². The highest BCUT2D eigenvalue weighted by atomic mass is 32.1. The number of H-pyrrole nitrogens is 1. The fourth-order valence-corrected chi connectivity index (χ4v) is 1.24. The molecular formula is C7H5FN2S. The van der Waals surface area contributed by atoms with Gasteiger partial charge in [0, 0.05) is 4.90 Å². The van der Waals surface area contributed by atoms with Crippen molar-refractivity contribution in [3.05, 3.63) is 24.3 Å². The van der Waals surface area contributed by atoms with Gasteiger partial charge in [-0.25, -0.2) is 4.98 Å². The second-order valence-electron chi connectivity index (χ2n) is 2.20. The summed E-state index contributed by atoms with van der Waals surface area (Å²) in [7, 11) is 0. The fraction of sp³-hybridized carbons (Fsp3) is 0. The Morgan fingerprint density at radius 2 is 2.27 bits per heavy atom. The van der Waals surface area contributed by atoms with E-state index in [-0.39, 0.29) is 0 Å². The first kappa shape index (κ1) is 6.67. The predicted octanol–water partition coefficient (Wildman–Crippen LogP) is 1.99. The van der Waals surface area contributed by atoms with E-state index < -0.39 is 6.08 Å². The molecule has 0 spiro atoms. The minimum atomic E-state index is -0.568. The molecule has 1 aromatic carbocycles. The van der Waals surface area contributed by atoms with E-state index in [4.69, 9.17) is 0 Å². The Morgan fingerprint density at radius 3 is 3.00 bits per heavy atom. The number of hydrogen-bond donors (Lipinski definition) is 2. The molecule has 0 aliphatic carbocycles. The van der Waals surface area contributed by atoms with Gasteiger partial charge in [-0.2, -0.15) is 4.39 Å². The van der Waals surface area contributed by atoms with Gasteiger partial charge in [0.15, 0.2) is 0 Å². The maximum atomic E-state index is 12.5. The molecule has 0 bridgehead atoms. The van der Waals surface area contributed by atoms with Gasteiger partial charge in [-0.1, -0.05) is 6.07 Å². The number of aromatic nitrogens is 2. The Hall–Kier alpha value is -1.03. The molecule has 0 radical (unpaired) electrons. The molecule has 0 fully saturated rings. The second kappa shape index (κ2) is 2.23. The van der Waals surface area contributed by atoms with Crippen LogP contribution in [0.25, 0.3) is 11.0 Å². The zero-order valence-corrected chi connectivity index (χ0v) is 6.40. The third-order valence-electron chi connectivity index (χ3n) is 1.46. The smallest absolute Gasteiger partial charge is 0.287 e. The number of imidazole rings is 1. The number of hydrogen-bond acceptors (Lipinski definition) is 2. The molecule has 2 nitrogen and oxygen atoms in total. The van der Waals surface area contributed by atoms with Crippen molar-refractivity contribution in [1.82, 2.24) is 9.97 Å². The van der Waals surface area contributed by atoms with E-state index in [1.54, 1.807) is 18.2 Å². The van der Waals surface area contributed by atoms with Crippen LogP contribution in [0, 0.1) is 6.08 Å². The van der Waals surface area contributed by atoms with E-state index in [2.05, 4.69) is 22.6 Å². The average molecular weight is 168 g/mol. The Bertz CT molecular complexity index is 396. The summed E-state index contributed by atoms with van der Waals surface area (Å²) in [6.45, 7) is 0. The fourth-order valence-electron chi connectivity index (χ4n) is 0.987. The Balaban J connectivity index is 2.90. The van der Waals surface area contributed by atoms with E-state index in [1.165, 1.54) is 0 Å². The second-order valence-corrected chi connectivity index (χ2v) is 2.68. The molecule has 11 heavy (non-hydrogen) atoms. The van der Waals surface area contributed by atoms with Gasteiger partial charge in [-0.3, -0.25) is 0 Å². The van der Waals surface area contributed by atoms with Crippen molar-refractivity contribution in [3.8, 4) is 0 Å². The summed E-state index contributed by atoms with van der Waals surface area (Å²) in [6, 6.07) is 5.32. The van der Waals surface area contributed by atoms with Crippen LogP contribution in [0.5, 0.6) is 0 Å². The van der Waals surface area contributed by atoms with Crippen molar-refractivity contribution >= 4 is 23.7 Å². The van der Waals surface area contributed by atoms with Gasteiger partial charge < -0.3 is 4.98 Å². The van der Waals surface area contributed by atoms with Gasteiger partial charge in [-0.15, -0.1) is 12.6 Å². The van der Waals surface area contributed by atoms with Gasteiger partial charge in [0.1, 0.15) is 5.52 Å². The number of benzene rings is 1. The van der Waals surface area contributed by atoms with Gasteiger partial charge in [-0.05, 0) is 12.1 Å². The monoisotopic (exact) mass is 168 g/mol. The SMILES string of the molecule is Fc1nc2c(S)cccc2[nH]1. The molecule has 1 heterocycles. The number of para-hydroxylation sites is 1. The maximum absolute atomic E-state index is 12.5. The number of nitrogens with one attached hydrogen (secondary N) is 1. The van der Waals surface area contributed by atoms with Crippen LogP contribution in [0.15, 0.2) is 23.1 Å². The minimum absolute atomic E-state index is 0.568. The normalized spacial score (nSPS) is 10.7. The molecule has 56 valence electrons. The lowest BCUT2D eigenvalue weighted by molar-refractivity contribution is 0.556. The Labute approximate surface area is 67.9 Å². The number of rotatable bonds is 0. The molecule has 0 saturated heterocycles. The number of thiol groups is 1. The third kappa shape index (κ3) is 0.991. The summed E-state index contributed by atoms with van der Waals surface area (Å²) >= 11 is 4.11. The summed E-state index contributed by atoms with van der Waals surface area (Å²) in [5.41, 5.74) is 1.25. The highest BCUT2D eigenvalue weighted by Crippen LogP contribution is 2.18. The van der Waals surface area contributed by atoms with E-state index in [1.807, 2.05) is 0 Å². The van der Waals surface area contributed by atoms with E-state index in [0.717, 1.165) is 0 Å². The van der Waals surface area contributed by atoms with Gasteiger partial charge in [0.25, 0.3) is 6.08 Å². The first-order chi connectivity index (χ1) is 5.27. The molecule has 0 saturated carbocycles. The summed E-state index contributed by atoms with van der Waals surface area (Å²) in [4.78, 5) is 6.77. The molecule has 0 aliphatic rings. The van der Waals surface area contributed by atoms with Crippen LogP contribution in [0.3, 0.4) is 0 Å². The van der Waals surface area contributed by atoms with E-state index >= 15 is 0 Å². The minimum Gasteiger partial charge on any atom is -0.314 e. The molecule has 2 aromatic rings. The van der Waals surface area contributed by atoms with Crippen LogP contribution in [-0.2, 0) is 0 Å². The molecule has 0 aliphatic heterocycles. The standard InChI is InChI=1S/C7H5FN2S/c8-7-9-4-2-1-3-5(11)6(4)10-7/h1-3,11H,(H,9,10). The number of fused-ring (bicyclic) bond motifs is 1. The molecule has 4 heteroatoms. The van der Waals surface area contributed by atoms with Crippen LogP contribution < -0.4 is 0 Å². The van der Waals surface area contributed by atoms with Crippen LogP contribution in [0.4, 0.5) is 4.39 Å². The third-order valence-corrected chi connectivity index (χ3v) is 1.82. The van der Waals surface area contributed by atoms with Crippen molar-refractivity contribution in [2.45, 2.75) is 4.90 Å². The van der Waals surface area contributed by atoms with Crippen molar-refractivity contribution in [2.75, 3.05) is 0 Å². The topological polar surface area (TPSA) is 28.7 Å². The first-order valence-corrected chi connectivity index (χ1v) is 3.55. The number of halogens is 1. The average Bonchev–Trinajstić information content (AvgIpc) is 2.31. The van der Waals surface area contributed by atoms with Crippen LogP contribution >= 0.6 is 12.6 Å². The van der Waals surface area contributed by atoms with Crippen molar-refractivity contribution in [2.24, 2.45) is 0 Å². The molecule has 0 amide bonds. The molecule has 1 N–H and O–H groups in total. The van der Waals surface area contributed by atoms with Gasteiger partial charge in [0.2, 0.25) is 0 Å². The summed E-state index contributed by atoms with van der Waals surface area (Å²) in [5.74, 6) is 0. The Kier molecular flexibility index (Phi) is 1.35. The van der Waals surface area contributed by atoms with E-state index in [0.29, 0.717) is 15.9 Å². The lowest BCUT2D eigenvalue weighted by Crippen LogP contribution is -1.71. The zero-order valence-electron chi connectivity index (χ0n) is 5.50. The largest absolute Gasteiger partial charge is 0.314 e. The maximum Gasteiger partial charge on any atom is 0.287 e. The summed E-state index contributed by atoms with van der Waals surface area (Å²) in [6.07, 6.45) is -0.568. The van der Waals surface area contributed by atoms with E-state index in [9.17, 15) is 4.39 Å². The highest BCUT2D eigenvalue weighted by molar-refractivity contribution is 7.80. The predicted molar refractivity (Wildman–Crippen MR) is 43.3 cm³/mol. The first-order valence-electron chi connectivity index (χ1n) is 3.10. The lowest BCUT2D eigenvalue weighted by Gasteiger charge is -1.89. The highest BCUT2D eigenvalue weighted by Gasteiger charge is 2.02. The lowest BCUT2D eigenvalue weighted by atomic mass is 10.3. The molecule has 0 atom stereocenters. The quantitative estimate of drug-likeness (QED) is 0.578.